The summed E-state index contributed by atoms with van der Waals surface area (Å²) in [5, 5.41) is 0. The largest absolute Gasteiger partial charge is 0.466 e. The zero-order valence-corrected chi connectivity index (χ0v) is 17.1. The zero-order valence-electron chi connectivity index (χ0n) is 17.1. The minimum absolute atomic E-state index is 0.00897. The number of rotatable bonds is 11. The van der Waals surface area contributed by atoms with E-state index < -0.39 is 35.7 Å². The van der Waals surface area contributed by atoms with Gasteiger partial charge in [0.1, 0.15) is 6.04 Å². The van der Waals surface area contributed by atoms with Crippen LogP contribution in [0.25, 0.3) is 0 Å². The van der Waals surface area contributed by atoms with Crippen LogP contribution in [0.3, 0.4) is 0 Å². The molecule has 0 radical (unpaired) electrons. The number of carbonyl (C=O) groups is 4. The summed E-state index contributed by atoms with van der Waals surface area (Å²) in [5.41, 5.74) is 0. The average Bonchev–Trinajstić information content (AvgIpc) is 2.69. The summed E-state index contributed by atoms with van der Waals surface area (Å²) in [6.07, 6.45) is 2.98. The first-order valence-electron chi connectivity index (χ1n) is 9.42. The number of nitrogens with zero attached hydrogens (tertiary/aromatic N) is 1. The Kier molecular flexibility index (Phi) is 10.2. The molecular weight excluding hydrogens is 382 g/mol. The Balaban J connectivity index is 3.62. The van der Waals surface area contributed by atoms with Gasteiger partial charge in [-0.25, -0.2) is 0 Å². The Morgan fingerprint density at radius 1 is 0.655 bits per heavy atom. The minimum atomic E-state index is -1.67. The van der Waals surface area contributed by atoms with Gasteiger partial charge >= 0.3 is 23.9 Å². The Labute approximate surface area is 169 Å². The highest BCUT2D eigenvalue weighted by atomic mass is 16.6. The van der Waals surface area contributed by atoms with Gasteiger partial charge in [0.05, 0.1) is 38.8 Å². The molecule has 9 nitrogen and oxygen atoms in total. The van der Waals surface area contributed by atoms with Gasteiger partial charge in [-0.1, -0.05) is 18.2 Å². The van der Waals surface area contributed by atoms with Crippen LogP contribution in [0.2, 0.25) is 0 Å². The number of carbonyl (C=O) groups excluding carboxylic acids is 4. The van der Waals surface area contributed by atoms with Crippen molar-refractivity contribution in [3.63, 3.8) is 0 Å². The summed E-state index contributed by atoms with van der Waals surface area (Å²) in [6, 6.07) is 4.74. The van der Waals surface area contributed by atoms with Crippen LogP contribution >= 0.6 is 0 Å². The Morgan fingerprint density at radius 2 is 0.966 bits per heavy atom. The van der Waals surface area contributed by atoms with Crippen molar-refractivity contribution in [1.82, 2.24) is 0 Å². The predicted octanol–water partition coefficient (Wildman–Crippen LogP) is 0.839. The topological polar surface area (TPSA) is 109 Å². The Bertz CT molecular complexity index is 615. The fourth-order valence-corrected chi connectivity index (χ4v) is 2.61. The van der Waals surface area contributed by atoms with Gasteiger partial charge in [0.25, 0.3) is 0 Å². The maximum Gasteiger partial charge on any atom is 0.318 e. The van der Waals surface area contributed by atoms with Crippen molar-refractivity contribution in [1.29, 1.82) is 0 Å². The van der Waals surface area contributed by atoms with Gasteiger partial charge < -0.3 is 23.5 Å². The van der Waals surface area contributed by atoms with Crippen LogP contribution in [0.1, 0.15) is 27.7 Å². The lowest BCUT2D eigenvalue weighted by atomic mass is 9.87. The number of ether oxygens (including phenoxy) is 4. The molecule has 0 aromatic carbocycles. The SMILES string of the molecule is CCOC(=O)C(C(=O)OCC)[C-](C(C(=O)OCC)C(=O)OCC)[n+]1ccccc1. The highest BCUT2D eigenvalue weighted by molar-refractivity contribution is 6.03. The third-order valence-electron chi connectivity index (χ3n) is 3.69. The normalized spacial score (nSPS) is 10.4. The second kappa shape index (κ2) is 12.4. The number of pyridine rings is 1. The molecule has 0 spiro atoms. The molecule has 1 heterocycles. The molecule has 0 amide bonds. The molecule has 0 aliphatic rings. The molecule has 0 bridgehead atoms. The molecule has 0 saturated carbocycles. The predicted molar refractivity (Wildman–Crippen MR) is 98.8 cm³/mol. The molecular formula is C20H27NO8. The van der Waals surface area contributed by atoms with E-state index in [0.717, 1.165) is 0 Å². The summed E-state index contributed by atoms with van der Waals surface area (Å²) in [4.78, 5) is 50.7. The number of hydrogen-bond acceptors (Lipinski definition) is 8. The molecule has 0 saturated heterocycles. The first-order valence-corrected chi connectivity index (χ1v) is 9.42. The van der Waals surface area contributed by atoms with Crippen LogP contribution in [-0.2, 0) is 38.1 Å². The lowest BCUT2D eigenvalue weighted by Crippen LogP contribution is -2.57. The number of esters is 4. The van der Waals surface area contributed by atoms with E-state index in [-0.39, 0.29) is 32.5 Å². The van der Waals surface area contributed by atoms with Crippen LogP contribution in [0.15, 0.2) is 30.6 Å². The van der Waals surface area contributed by atoms with E-state index in [1.807, 2.05) is 0 Å². The molecule has 1 aromatic rings. The maximum atomic E-state index is 12.7. The molecule has 0 fully saturated rings. The second-order valence-electron chi connectivity index (χ2n) is 5.58. The van der Waals surface area contributed by atoms with Crippen molar-refractivity contribution in [3.05, 3.63) is 36.6 Å². The van der Waals surface area contributed by atoms with Gasteiger partial charge in [-0.3, -0.25) is 19.2 Å². The van der Waals surface area contributed by atoms with E-state index in [1.165, 1.54) is 17.0 Å². The standard InChI is InChI=1S/C20H27NO8/c1-5-26-17(22)14(18(23)27-6-2)16(21-12-10-9-11-13-21)15(19(24)28-7-3)20(25)29-8-4/h9-15H,5-8H2,1-4H3. The van der Waals surface area contributed by atoms with Crippen LogP contribution < -0.4 is 4.57 Å². The van der Waals surface area contributed by atoms with Crippen LogP contribution in [0.4, 0.5) is 0 Å². The van der Waals surface area contributed by atoms with E-state index in [1.54, 1.807) is 45.9 Å². The van der Waals surface area contributed by atoms with Crippen LogP contribution in [0, 0.1) is 17.9 Å². The van der Waals surface area contributed by atoms with Crippen molar-refractivity contribution in [3.8, 4) is 0 Å². The van der Waals surface area contributed by atoms with Gasteiger partial charge in [-0.2, -0.15) is 0 Å². The molecule has 0 aliphatic heterocycles. The molecule has 29 heavy (non-hydrogen) atoms. The van der Waals surface area contributed by atoms with Gasteiger partial charge in [0.2, 0.25) is 0 Å². The molecule has 0 atom stereocenters. The summed E-state index contributed by atoms with van der Waals surface area (Å²) in [5.74, 6) is -7.12. The van der Waals surface area contributed by atoms with Gasteiger partial charge in [0, 0.05) is 0 Å². The highest BCUT2D eigenvalue weighted by Gasteiger charge is 2.50. The van der Waals surface area contributed by atoms with E-state index in [9.17, 15) is 19.2 Å². The third kappa shape index (κ3) is 6.48. The monoisotopic (exact) mass is 409 g/mol. The molecule has 0 aliphatic carbocycles. The lowest BCUT2D eigenvalue weighted by molar-refractivity contribution is -0.665. The van der Waals surface area contributed by atoms with E-state index in [0.29, 0.717) is 0 Å². The van der Waals surface area contributed by atoms with E-state index >= 15 is 0 Å². The fraction of sp³-hybridized carbons (Fsp3) is 0.500. The number of hydrogen-bond donors (Lipinski definition) is 0. The maximum absolute atomic E-state index is 12.7. The summed E-state index contributed by atoms with van der Waals surface area (Å²) in [6.45, 7) is 6.26. The first-order chi connectivity index (χ1) is 13.9. The van der Waals surface area contributed by atoms with Crippen LogP contribution in [0.5, 0.6) is 0 Å². The quantitative estimate of drug-likeness (QED) is 0.174. The molecule has 0 unspecified atom stereocenters. The van der Waals surface area contributed by atoms with Crippen molar-refractivity contribution in [2.24, 2.45) is 11.8 Å². The van der Waals surface area contributed by atoms with Crippen LogP contribution in [-0.4, -0.2) is 50.3 Å². The molecule has 1 aromatic heterocycles. The van der Waals surface area contributed by atoms with Crippen molar-refractivity contribution < 1.29 is 42.7 Å². The molecule has 0 N–H and O–H groups in total. The smallest absolute Gasteiger partial charge is 0.318 e. The van der Waals surface area contributed by atoms with E-state index in [2.05, 4.69) is 0 Å². The van der Waals surface area contributed by atoms with Crippen molar-refractivity contribution in [2.75, 3.05) is 26.4 Å². The molecule has 1 rings (SSSR count). The van der Waals surface area contributed by atoms with Gasteiger partial charge in [-0.15, -0.1) is 0 Å². The summed E-state index contributed by atoms with van der Waals surface area (Å²) in [7, 11) is 0. The average molecular weight is 409 g/mol. The number of aromatic nitrogens is 1. The minimum Gasteiger partial charge on any atom is -0.466 e. The molecule has 9 heteroatoms. The molecule has 160 valence electrons. The van der Waals surface area contributed by atoms with Gasteiger partial charge in [0.15, 0.2) is 11.8 Å². The van der Waals surface area contributed by atoms with Gasteiger partial charge in [-0.05, 0) is 27.7 Å². The Hall–Kier alpha value is -3.10. The summed E-state index contributed by atoms with van der Waals surface area (Å²) < 4.78 is 21.4. The lowest BCUT2D eigenvalue weighted by Gasteiger charge is -2.29. The van der Waals surface area contributed by atoms with Crippen molar-refractivity contribution in [2.45, 2.75) is 27.7 Å². The van der Waals surface area contributed by atoms with Crippen molar-refractivity contribution >= 4 is 23.9 Å². The summed E-state index contributed by atoms with van der Waals surface area (Å²) >= 11 is 0. The second-order valence-corrected chi connectivity index (χ2v) is 5.58. The third-order valence-corrected chi connectivity index (χ3v) is 3.69. The van der Waals surface area contributed by atoms with E-state index in [4.69, 9.17) is 18.9 Å². The zero-order chi connectivity index (χ0) is 21.8. The fourth-order valence-electron chi connectivity index (χ4n) is 2.61. The highest BCUT2D eigenvalue weighted by Crippen LogP contribution is 2.27. The Morgan fingerprint density at radius 3 is 1.24 bits per heavy atom. The first kappa shape index (κ1) is 23.9.